The fourth-order valence-electron chi connectivity index (χ4n) is 2.91. The summed E-state index contributed by atoms with van der Waals surface area (Å²) >= 11 is 1.87. The van der Waals surface area contributed by atoms with Crippen molar-refractivity contribution in [1.82, 2.24) is 5.32 Å². The van der Waals surface area contributed by atoms with Gasteiger partial charge in [-0.3, -0.25) is 4.79 Å². The Morgan fingerprint density at radius 2 is 2.10 bits per heavy atom. The summed E-state index contributed by atoms with van der Waals surface area (Å²) in [6, 6.07) is 5.28. The molecule has 116 valence electrons. The molecule has 2 rings (SSSR count). The summed E-state index contributed by atoms with van der Waals surface area (Å²) in [4.78, 5) is 12.4. The lowest BCUT2D eigenvalue weighted by Crippen LogP contribution is -2.41. The molecule has 1 fully saturated rings. The van der Waals surface area contributed by atoms with Crippen molar-refractivity contribution in [1.29, 1.82) is 0 Å². The van der Waals surface area contributed by atoms with Crippen molar-refractivity contribution in [3.63, 3.8) is 0 Å². The zero-order valence-electron chi connectivity index (χ0n) is 12.8. The SMILES string of the molecule is COc1cccc(C(=O)NCC2(SC)CCCCC2)c1N. The minimum absolute atomic E-state index is 0.120. The second-order valence-corrected chi connectivity index (χ2v) is 6.83. The van der Waals surface area contributed by atoms with Crippen molar-refractivity contribution >= 4 is 23.4 Å². The van der Waals surface area contributed by atoms with E-state index in [1.165, 1.54) is 32.1 Å². The van der Waals surface area contributed by atoms with E-state index < -0.39 is 0 Å². The maximum Gasteiger partial charge on any atom is 0.253 e. The summed E-state index contributed by atoms with van der Waals surface area (Å²) in [5.74, 6) is 0.422. The number of hydrogen-bond donors (Lipinski definition) is 2. The van der Waals surface area contributed by atoms with Gasteiger partial charge in [0.05, 0.1) is 18.4 Å². The van der Waals surface area contributed by atoms with Crippen LogP contribution in [0.2, 0.25) is 0 Å². The molecule has 0 radical (unpaired) electrons. The van der Waals surface area contributed by atoms with Crippen molar-refractivity contribution in [3.05, 3.63) is 23.8 Å². The summed E-state index contributed by atoms with van der Waals surface area (Å²) in [5.41, 5.74) is 6.87. The van der Waals surface area contributed by atoms with E-state index in [0.717, 1.165) is 0 Å². The molecule has 0 bridgehead atoms. The van der Waals surface area contributed by atoms with E-state index in [4.69, 9.17) is 10.5 Å². The summed E-state index contributed by atoms with van der Waals surface area (Å²) in [6.07, 6.45) is 8.27. The fourth-order valence-corrected chi connectivity index (χ4v) is 3.82. The van der Waals surface area contributed by atoms with Gasteiger partial charge < -0.3 is 15.8 Å². The maximum absolute atomic E-state index is 12.4. The number of nitrogens with two attached hydrogens (primary N) is 1. The predicted molar refractivity (Wildman–Crippen MR) is 89.1 cm³/mol. The zero-order valence-corrected chi connectivity index (χ0v) is 13.6. The molecule has 1 aliphatic carbocycles. The van der Waals surface area contributed by atoms with E-state index in [1.807, 2.05) is 11.8 Å². The molecule has 5 heteroatoms. The van der Waals surface area contributed by atoms with E-state index in [1.54, 1.807) is 25.3 Å². The molecule has 1 aromatic carbocycles. The first-order valence-electron chi connectivity index (χ1n) is 7.38. The Kier molecular flexibility index (Phi) is 5.39. The van der Waals surface area contributed by atoms with Crippen molar-refractivity contribution in [2.24, 2.45) is 0 Å². The summed E-state index contributed by atoms with van der Waals surface area (Å²) in [7, 11) is 1.55. The summed E-state index contributed by atoms with van der Waals surface area (Å²) < 4.78 is 5.34. The highest BCUT2D eigenvalue weighted by Gasteiger charge is 2.31. The number of para-hydroxylation sites is 1. The number of nitrogens with one attached hydrogen (secondary N) is 1. The fraction of sp³-hybridized carbons (Fsp3) is 0.562. The van der Waals surface area contributed by atoms with Crippen LogP contribution in [0.5, 0.6) is 5.75 Å². The Morgan fingerprint density at radius 3 is 2.71 bits per heavy atom. The molecule has 4 nitrogen and oxygen atoms in total. The predicted octanol–water partition coefficient (Wildman–Crippen LogP) is 3.07. The van der Waals surface area contributed by atoms with Crippen molar-refractivity contribution in [2.45, 2.75) is 36.9 Å². The van der Waals surface area contributed by atoms with Crippen LogP contribution in [-0.2, 0) is 0 Å². The lowest BCUT2D eigenvalue weighted by molar-refractivity contribution is 0.0947. The molecule has 0 aromatic heterocycles. The highest BCUT2D eigenvalue weighted by molar-refractivity contribution is 8.00. The van der Waals surface area contributed by atoms with E-state index in [-0.39, 0.29) is 10.7 Å². The van der Waals surface area contributed by atoms with E-state index in [9.17, 15) is 4.79 Å². The summed E-state index contributed by atoms with van der Waals surface area (Å²) in [5, 5.41) is 3.06. The van der Waals surface area contributed by atoms with Crippen LogP contribution in [0.3, 0.4) is 0 Å². The highest BCUT2D eigenvalue weighted by Crippen LogP contribution is 2.38. The van der Waals surface area contributed by atoms with Crippen LogP contribution < -0.4 is 15.8 Å². The molecular weight excluding hydrogens is 284 g/mol. The van der Waals surface area contributed by atoms with E-state index in [0.29, 0.717) is 23.5 Å². The van der Waals surface area contributed by atoms with Gasteiger partial charge in [-0.1, -0.05) is 25.3 Å². The van der Waals surface area contributed by atoms with E-state index in [2.05, 4.69) is 11.6 Å². The molecule has 1 amide bonds. The van der Waals surface area contributed by atoms with Crippen molar-refractivity contribution < 1.29 is 9.53 Å². The molecular formula is C16H24N2O2S. The highest BCUT2D eigenvalue weighted by atomic mass is 32.2. The molecule has 0 saturated heterocycles. The number of carbonyl (C=O) groups excluding carboxylic acids is 1. The van der Waals surface area contributed by atoms with Crippen LogP contribution in [-0.4, -0.2) is 30.6 Å². The number of ether oxygens (including phenoxy) is 1. The number of methoxy groups -OCH3 is 1. The molecule has 0 spiro atoms. The van der Waals surface area contributed by atoms with Gasteiger partial charge in [0.1, 0.15) is 5.75 Å². The zero-order chi connectivity index (χ0) is 15.3. The van der Waals surface area contributed by atoms with E-state index >= 15 is 0 Å². The number of benzene rings is 1. The second-order valence-electron chi connectivity index (χ2n) is 5.55. The third kappa shape index (κ3) is 3.64. The Labute approximate surface area is 130 Å². The molecule has 3 N–H and O–H groups in total. The quantitative estimate of drug-likeness (QED) is 0.821. The number of nitrogen functional groups attached to an aromatic ring is 1. The van der Waals surface area contributed by atoms with Crippen molar-refractivity contribution in [2.75, 3.05) is 25.6 Å². The minimum atomic E-state index is -0.120. The number of amides is 1. The van der Waals surface area contributed by atoms with Gasteiger partial charge in [-0.05, 0) is 31.2 Å². The maximum atomic E-state index is 12.4. The van der Waals surface area contributed by atoms with Gasteiger partial charge in [0.25, 0.3) is 5.91 Å². The van der Waals surface area contributed by atoms with Crippen LogP contribution in [0.25, 0.3) is 0 Å². The lowest BCUT2D eigenvalue weighted by Gasteiger charge is -2.35. The average molecular weight is 308 g/mol. The Bertz CT molecular complexity index is 499. The van der Waals surface area contributed by atoms with Gasteiger partial charge >= 0.3 is 0 Å². The van der Waals surface area contributed by atoms with Gasteiger partial charge in [0.2, 0.25) is 0 Å². The minimum Gasteiger partial charge on any atom is -0.495 e. The molecule has 21 heavy (non-hydrogen) atoms. The van der Waals surface area contributed by atoms with Gasteiger partial charge in [-0.2, -0.15) is 11.8 Å². The molecule has 0 aliphatic heterocycles. The molecule has 0 atom stereocenters. The molecule has 1 aliphatic rings. The first-order valence-corrected chi connectivity index (χ1v) is 8.60. The van der Waals surface area contributed by atoms with Gasteiger partial charge in [-0.25, -0.2) is 0 Å². The smallest absolute Gasteiger partial charge is 0.253 e. The molecule has 1 saturated carbocycles. The third-order valence-corrected chi connectivity index (χ3v) is 5.72. The number of hydrogen-bond acceptors (Lipinski definition) is 4. The van der Waals surface area contributed by atoms with Gasteiger partial charge in [-0.15, -0.1) is 0 Å². The largest absolute Gasteiger partial charge is 0.495 e. The first kappa shape index (κ1) is 16.0. The van der Waals surface area contributed by atoms with Crippen LogP contribution in [0.4, 0.5) is 5.69 Å². The second kappa shape index (κ2) is 7.07. The number of thioether (sulfide) groups is 1. The Hall–Kier alpha value is -1.36. The first-order chi connectivity index (χ1) is 10.1. The normalized spacial score (nSPS) is 17.2. The molecule has 1 aromatic rings. The van der Waals surface area contributed by atoms with Crippen LogP contribution >= 0.6 is 11.8 Å². The van der Waals surface area contributed by atoms with Gasteiger partial charge in [0.15, 0.2) is 0 Å². The van der Waals surface area contributed by atoms with Crippen LogP contribution in [0, 0.1) is 0 Å². The number of carbonyl (C=O) groups is 1. The monoisotopic (exact) mass is 308 g/mol. The topological polar surface area (TPSA) is 64.3 Å². The standard InChI is InChI=1S/C16H24N2O2S/c1-20-13-8-6-7-12(14(13)17)15(19)18-11-16(21-2)9-4-3-5-10-16/h6-8H,3-5,9-11,17H2,1-2H3,(H,18,19). The molecule has 0 unspecified atom stereocenters. The average Bonchev–Trinajstić information content (AvgIpc) is 2.54. The van der Waals surface area contributed by atoms with Crippen LogP contribution in [0.1, 0.15) is 42.5 Å². The van der Waals surface area contributed by atoms with Gasteiger partial charge in [0, 0.05) is 11.3 Å². The lowest BCUT2D eigenvalue weighted by atomic mass is 9.88. The molecule has 0 heterocycles. The van der Waals surface area contributed by atoms with Crippen molar-refractivity contribution in [3.8, 4) is 5.75 Å². The number of anilines is 1. The Morgan fingerprint density at radius 1 is 1.38 bits per heavy atom. The number of rotatable bonds is 5. The van der Waals surface area contributed by atoms with Crippen LogP contribution in [0.15, 0.2) is 18.2 Å². The summed E-state index contributed by atoms with van der Waals surface area (Å²) in [6.45, 7) is 0.698. The Balaban J connectivity index is 2.04. The third-order valence-electron chi connectivity index (χ3n) is 4.30.